The number of hydrogen-bond donors (Lipinski definition) is 9. The zero-order valence-corrected chi connectivity index (χ0v) is 14.9. The summed E-state index contributed by atoms with van der Waals surface area (Å²) in [5.41, 5.74) is 5.24. The lowest BCUT2D eigenvalue weighted by Crippen LogP contribution is -2.58. The number of carbonyl (C=O) groups excluding carboxylic acids is 3. The molecule has 4 unspecified atom stereocenters. The minimum atomic E-state index is -1.90. The Labute approximate surface area is 162 Å². The molecule has 0 fully saturated rings. The number of amides is 3. The molecule has 0 aliphatic carbocycles. The average molecular weight is 422 g/mol. The van der Waals surface area contributed by atoms with Gasteiger partial charge in [-0.15, -0.1) is 0 Å². The van der Waals surface area contributed by atoms with Gasteiger partial charge < -0.3 is 47.2 Å². The highest BCUT2D eigenvalue weighted by molar-refractivity contribution is 5.96. The van der Waals surface area contributed by atoms with Gasteiger partial charge in [-0.2, -0.15) is 0 Å². The van der Waals surface area contributed by atoms with Crippen LogP contribution in [0.2, 0.25) is 0 Å². The largest absolute Gasteiger partial charge is 0.481 e. The number of nitrogens with two attached hydrogens (primary N) is 1. The van der Waals surface area contributed by atoms with Crippen LogP contribution in [0.25, 0.3) is 0 Å². The Morgan fingerprint density at radius 1 is 0.655 bits per heavy atom. The lowest BCUT2D eigenvalue weighted by molar-refractivity contribution is -0.148. The van der Waals surface area contributed by atoms with Crippen LogP contribution in [0.4, 0.5) is 0 Å². The number of nitrogens with one attached hydrogen (secondary N) is 3. The van der Waals surface area contributed by atoms with E-state index in [1.165, 1.54) is 0 Å². The van der Waals surface area contributed by atoms with Crippen LogP contribution in [0.3, 0.4) is 0 Å². The molecule has 10 N–H and O–H groups in total. The van der Waals surface area contributed by atoms with Crippen LogP contribution >= 0.6 is 0 Å². The molecule has 0 aliphatic heterocycles. The molecule has 0 rings (SSSR count). The molecule has 0 aromatic heterocycles. The molecule has 164 valence electrons. The van der Waals surface area contributed by atoms with Gasteiger partial charge in [0, 0.05) is 0 Å². The predicted octanol–water partition coefficient (Wildman–Crippen LogP) is -5.21. The summed E-state index contributed by atoms with van der Waals surface area (Å²) in [6.07, 6.45) is -2.03. The first-order chi connectivity index (χ1) is 13.4. The van der Waals surface area contributed by atoms with Crippen LogP contribution in [0.5, 0.6) is 0 Å². The molecule has 0 spiro atoms. The summed E-state index contributed by atoms with van der Waals surface area (Å²) >= 11 is 0. The van der Waals surface area contributed by atoms with E-state index in [1.54, 1.807) is 5.32 Å². The normalized spacial score (nSPS) is 14.6. The minimum absolute atomic E-state index is 0.768. The summed E-state index contributed by atoms with van der Waals surface area (Å²) in [5.74, 6) is -8.38. The molecular weight excluding hydrogens is 400 g/mol. The summed E-state index contributed by atoms with van der Waals surface area (Å²) in [6, 6.07) is -6.84. The first kappa shape index (κ1) is 25.7. The Kier molecular flexibility index (Phi) is 10.8. The van der Waals surface area contributed by atoms with Gasteiger partial charge in [0.25, 0.3) is 0 Å². The predicted molar refractivity (Wildman–Crippen MR) is 90.1 cm³/mol. The molecule has 15 heteroatoms. The van der Waals surface area contributed by atoms with Crippen molar-refractivity contribution >= 4 is 35.6 Å². The summed E-state index contributed by atoms with van der Waals surface area (Å²) < 4.78 is 0. The van der Waals surface area contributed by atoms with E-state index in [2.05, 4.69) is 0 Å². The molecule has 15 nitrogen and oxygen atoms in total. The Morgan fingerprint density at radius 2 is 1.07 bits per heavy atom. The van der Waals surface area contributed by atoms with Crippen LogP contribution in [-0.2, 0) is 28.8 Å². The molecule has 0 radical (unpaired) electrons. The average Bonchev–Trinajstić information content (AvgIpc) is 2.62. The standard InChI is InChI=1S/C14H22N4O11/c15-5(3-19)11(25)18-8(4-20)13(27)16-6(1-9(21)22)12(26)17-7(14(28)29)2-10(23)24/h5-8,19-20H,1-4,15H2,(H,16,27)(H,17,26)(H,18,25)(H,21,22)(H,23,24)(H,28,29). The molecule has 0 aliphatic rings. The Bertz CT molecular complexity index is 653. The van der Waals surface area contributed by atoms with E-state index in [0.717, 1.165) is 0 Å². The second-order valence-electron chi connectivity index (χ2n) is 5.69. The third kappa shape index (κ3) is 9.45. The summed E-state index contributed by atoms with van der Waals surface area (Å²) in [5, 5.41) is 50.1. The Hall–Kier alpha value is -3.30. The third-order valence-electron chi connectivity index (χ3n) is 3.35. The number of aliphatic carboxylic acids is 3. The van der Waals surface area contributed by atoms with Gasteiger partial charge >= 0.3 is 17.9 Å². The van der Waals surface area contributed by atoms with Crippen molar-refractivity contribution in [1.82, 2.24) is 16.0 Å². The van der Waals surface area contributed by atoms with Crippen molar-refractivity contribution < 1.29 is 54.3 Å². The van der Waals surface area contributed by atoms with Crippen molar-refractivity contribution in [3.05, 3.63) is 0 Å². The molecule has 0 heterocycles. The van der Waals surface area contributed by atoms with Crippen molar-refractivity contribution in [2.75, 3.05) is 13.2 Å². The first-order valence-corrected chi connectivity index (χ1v) is 7.97. The maximum absolute atomic E-state index is 12.1. The van der Waals surface area contributed by atoms with Gasteiger partial charge in [-0.05, 0) is 0 Å². The van der Waals surface area contributed by atoms with Gasteiger partial charge in [0.05, 0.1) is 26.1 Å². The van der Waals surface area contributed by atoms with Crippen molar-refractivity contribution in [2.24, 2.45) is 5.73 Å². The summed E-state index contributed by atoms with van der Waals surface area (Å²) in [7, 11) is 0. The van der Waals surface area contributed by atoms with Gasteiger partial charge in [0.2, 0.25) is 17.7 Å². The quantitative estimate of drug-likeness (QED) is 0.135. The van der Waals surface area contributed by atoms with Crippen molar-refractivity contribution in [2.45, 2.75) is 37.0 Å². The fourth-order valence-corrected chi connectivity index (χ4v) is 1.86. The second-order valence-corrected chi connectivity index (χ2v) is 5.69. The van der Waals surface area contributed by atoms with Crippen molar-refractivity contribution in [1.29, 1.82) is 0 Å². The molecule has 0 aromatic carbocycles. The SMILES string of the molecule is NC(CO)C(=O)NC(CO)C(=O)NC(CC(=O)O)C(=O)NC(CC(=O)O)C(=O)O. The number of aliphatic hydroxyl groups excluding tert-OH is 2. The molecule has 0 saturated heterocycles. The molecule has 4 atom stereocenters. The summed E-state index contributed by atoms with van der Waals surface area (Å²) in [6.45, 7) is -1.75. The minimum Gasteiger partial charge on any atom is -0.481 e. The number of carboxylic acids is 3. The maximum Gasteiger partial charge on any atom is 0.326 e. The van der Waals surface area contributed by atoms with Crippen LogP contribution in [0.15, 0.2) is 0 Å². The number of carbonyl (C=O) groups is 6. The topological polar surface area (TPSA) is 266 Å². The van der Waals surface area contributed by atoms with E-state index < -0.39 is 85.9 Å². The number of hydrogen-bond acceptors (Lipinski definition) is 9. The van der Waals surface area contributed by atoms with Gasteiger partial charge in [0.15, 0.2) is 0 Å². The maximum atomic E-state index is 12.1. The van der Waals surface area contributed by atoms with Crippen LogP contribution in [-0.4, -0.2) is 98.5 Å². The Balaban J connectivity index is 5.29. The van der Waals surface area contributed by atoms with Gasteiger partial charge in [0.1, 0.15) is 24.2 Å². The fraction of sp³-hybridized carbons (Fsp3) is 0.571. The molecule has 0 bridgehead atoms. The Morgan fingerprint density at radius 3 is 1.48 bits per heavy atom. The monoisotopic (exact) mass is 422 g/mol. The van der Waals surface area contributed by atoms with E-state index in [-0.39, 0.29) is 0 Å². The number of aliphatic hydroxyl groups is 2. The first-order valence-electron chi connectivity index (χ1n) is 7.97. The second kappa shape index (κ2) is 12.2. The van der Waals surface area contributed by atoms with E-state index in [9.17, 15) is 33.9 Å². The van der Waals surface area contributed by atoms with Crippen LogP contribution < -0.4 is 21.7 Å². The smallest absolute Gasteiger partial charge is 0.326 e. The molecule has 29 heavy (non-hydrogen) atoms. The summed E-state index contributed by atoms with van der Waals surface area (Å²) in [4.78, 5) is 68.5. The number of rotatable bonds is 13. The van der Waals surface area contributed by atoms with Crippen molar-refractivity contribution in [3.8, 4) is 0 Å². The van der Waals surface area contributed by atoms with Gasteiger partial charge in [-0.1, -0.05) is 0 Å². The molecule has 0 saturated carbocycles. The lowest BCUT2D eigenvalue weighted by Gasteiger charge is -2.23. The molecule has 3 amide bonds. The van der Waals surface area contributed by atoms with E-state index in [1.807, 2.05) is 10.6 Å². The van der Waals surface area contributed by atoms with Gasteiger partial charge in [-0.25, -0.2) is 4.79 Å². The lowest BCUT2D eigenvalue weighted by atomic mass is 10.1. The van der Waals surface area contributed by atoms with E-state index >= 15 is 0 Å². The fourth-order valence-electron chi connectivity index (χ4n) is 1.86. The molecular formula is C14H22N4O11. The number of carboxylic acid groups (broad SMARTS) is 3. The highest BCUT2D eigenvalue weighted by Gasteiger charge is 2.32. The van der Waals surface area contributed by atoms with E-state index in [4.69, 9.17) is 26.2 Å². The zero-order chi connectivity index (χ0) is 22.7. The van der Waals surface area contributed by atoms with Crippen molar-refractivity contribution in [3.63, 3.8) is 0 Å². The third-order valence-corrected chi connectivity index (χ3v) is 3.35. The van der Waals surface area contributed by atoms with Gasteiger partial charge in [-0.3, -0.25) is 24.0 Å². The van der Waals surface area contributed by atoms with Crippen LogP contribution in [0.1, 0.15) is 12.8 Å². The van der Waals surface area contributed by atoms with Crippen LogP contribution in [0, 0.1) is 0 Å². The highest BCUT2D eigenvalue weighted by Crippen LogP contribution is 2.00. The van der Waals surface area contributed by atoms with E-state index in [0.29, 0.717) is 0 Å². The highest BCUT2D eigenvalue weighted by atomic mass is 16.4. The molecule has 0 aromatic rings. The zero-order valence-electron chi connectivity index (χ0n) is 14.9.